The van der Waals surface area contributed by atoms with Crippen molar-refractivity contribution in [1.29, 1.82) is 0 Å². The van der Waals surface area contributed by atoms with Crippen LogP contribution in [-0.4, -0.2) is 9.97 Å². The van der Waals surface area contributed by atoms with E-state index >= 15 is 0 Å². The summed E-state index contributed by atoms with van der Waals surface area (Å²) in [5, 5.41) is 6.92. The van der Waals surface area contributed by atoms with E-state index in [1.165, 1.54) is 11.1 Å². The van der Waals surface area contributed by atoms with E-state index in [0.29, 0.717) is 11.9 Å². The molecule has 5 nitrogen and oxygen atoms in total. The van der Waals surface area contributed by atoms with Crippen LogP contribution in [0.5, 0.6) is 0 Å². The van der Waals surface area contributed by atoms with E-state index in [9.17, 15) is 0 Å². The summed E-state index contributed by atoms with van der Waals surface area (Å²) in [6.45, 7) is 4.41. The second-order valence-corrected chi connectivity index (χ2v) is 8.52. The van der Waals surface area contributed by atoms with Gasteiger partial charge in [-0.25, -0.2) is 4.98 Å². The summed E-state index contributed by atoms with van der Waals surface area (Å²) in [5.41, 5.74) is 6.42. The van der Waals surface area contributed by atoms with Crippen molar-refractivity contribution in [2.45, 2.75) is 26.7 Å². The number of anilines is 3. The highest BCUT2D eigenvalue weighted by Crippen LogP contribution is 2.38. The molecule has 0 radical (unpaired) electrons. The maximum Gasteiger partial charge on any atom is 0.229 e. The van der Waals surface area contributed by atoms with Crippen LogP contribution < -0.4 is 10.6 Å². The first-order chi connectivity index (χ1) is 16.7. The summed E-state index contributed by atoms with van der Waals surface area (Å²) in [6.07, 6.45) is 5.99. The molecule has 0 fully saturated rings. The number of rotatable bonds is 7. The first kappa shape index (κ1) is 21.7. The lowest BCUT2D eigenvalue weighted by molar-refractivity contribution is 0.528. The number of para-hydroxylation sites is 1. The largest absolute Gasteiger partial charge is 0.465 e. The zero-order valence-electron chi connectivity index (χ0n) is 19.5. The van der Waals surface area contributed by atoms with E-state index in [-0.39, 0.29) is 0 Å². The van der Waals surface area contributed by atoms with E-state index in [2.05, 4.69) is 42.7 Å². The van der Waals surface area contributed by atoms with Crippen LogP contribution in [-0.2, 0) is 0 Å². The lowest BCUT2D eigenvalue weighted by atomic mass is 9.83. The maximum absolute atomic E-state index is 5.75. The highest BCUT2D eigenvalue weighted by molar-refractivity contribution is 5.72. The van der Waals surface area contributed by atoms with Gasteiger partial charge in [-0.3, -0.25) is 0 Å². The molecule has 1 unspecified atom stereocenters. The monoisotopic (exact) mass is 448 g/mol. The molecule has 1 atom stereocenters. The van der Waals surface area contributed by atoms with Crippen LogP contribution in [0.3, 0.4) is 0 Å². The number of allylic oxidation sites excluding steroid dienone is 3. The van der Waals surface area contributed by atoms with Crippen molar-refractivity contribution in [3.05, 3.63) is 108 Å². The molecule has 1 aliphatic carbocycles. The van der Waals surface area contributed by atoms with Gasteiger partial charge in [-0.05, 0) is 61.6 Å². The number of hydrogen-bond donors (Lipinski definition) is 2. The quantitative estimate of drug-likeness (QED) is 0.303. The number of hydrogen-bond acceptors (Lipinski definition) is 5. The maximum atomic E-state index is 5.75. The highest BCUT2D eigenvalue weighted by atomic mass is 16.3. The zero-order chi connectivity index (χ0) is 23.3. The predicted octanol–water partition coefficient (Wildman–Crippen LogP) is 7.68. The molecule has 0 spiro atoms. The Morgan fingerprint density at radius 3 is 2.38 bits per heavy atom. The molecule has 2 aromatic heterocycles. The molecule has 34 heavy (non-hydrogen) atoms. The van der Waals surface area contributed by atoms with Gasteiger partial charge in [0.2, 0.25) is 5.95 Å². The van der Waals surface area contributed by atoms with Crippen molar-refractivity contribution in [2.24, 2.45) is 5.92 Å². The van der Waals surface area contributed by atoms with E-state index in [0.717, 1.165) is 47.1 Å². The molecule has 2 aromatic carbocycles. The molecular weight excluding hydrogens is 420 g/mol. The highest BCUT2D eigenvalue weighted by Gasteiger charge is 2.23. The fourth-order valence-electron chi connectivity index (χ4n) is 4.32. The summed E-state index contributed by atoms with van der Waals surface area (Å²) in [5.74, 6) is 2.66. The van der Waals surface area contributed by atoms with E-state index in [4.69, 9.17) is 14.4 Å². The molecule has 5 heteroatoms. The molecule has 1 aliphatic rings. The molecule has 0 aliphatic heterocycles. The Morgan fingerprint density at radius 2 is 1.68 bits per heavy atom. The van der Waals surface area contributed by atoms with Gasteiger partial charge in [0.15, 0.2) is 0 Å². The first-order valence-electron chi connectivity index (χ1n) is 11.7. The van der Waals surface area contributed by atoms with E-state index < -0.39 is 0 Å². The van der Waals surface area contributed by atoms with Crippen LogP contribution in [0, 0.1) is 5.92 Å². The van der Waals surface area contributed by atoms with Crippen molar-refractivity contribution < 1.29 is 4.42 Å². The molecule has 5 rings (SSSR count). The van der Waals surface area contributed by atoms with Crippen LogP contribution in [0.4, 0.5) is 17.5 Å². The number of nitrogens with one attached hydrogen (secondary N) is 2. The molecule has 0 saturated carbocycles. The molecule has 0 amide bonds. The third-order valence-corrected chi connectivity index (χ3v) is 6.14. The predicted molar refractivity (Wildman–Crippen MR) is 139 cm³/mol. The Labute approximate surface area is 200 Å². The average Bonchev–Trinajstić information content (AvgIpc) is 3.41. The van der Waals surface area contributed by atoms with E-state index in [1.807, 2.05) is 66.7 Å². The fraction of sp³-hybridized carbons (Fsp3) is 0.172. The van der Waals surface area contributed by atoms with Crippen molar-refractivity contribution in [3.63, 3.8) is 0 Å². The molecular formula is C29H28N4O. The van der Waals surface area contributed by atoms with E-state index in [1.54, 1.807) is 6.26 Å². The second kappa shape index (κ2) is 9.79. The Kier molecular flexibility index (Phi) is 6.25. The minimum absolute atomic E-state index is 0.442. The minimum Gasteiger partial charge on any atom is -0.465 e. The van der Waals surface area contributed by atoms with Gasteiger partial charge in [-0.15, -0.1) is 0 Å². The number of nitrogens with zero attached hydrogens (tertiary/aromatic N) is 2. The Bertz CT molecular complexity index is 1310. The minimum atomic E-state index is 0.442. The number of furan rings is 1. The lowest BCUT2D eigenvalue weighted by Crippen LogP contribution is -2.14. The number of aromatic nitrogens is 2. The van der Waals surface area contributed by atoms with Gasteiger partial charge < -0.3 is 15.1 Å². The molecule has 2 N–H and O–H groups in total. The molecule has 0 saturated heterocycles. The van der Waals surface area contributed by atoms with Gasteiger partial charge in [-0.1, -0.05) is 55.5 Å². The van der Waals surface area contributed by atoms with Crippen molar-refractivity contribution in [2.75, 3.05) is 10.6 Å². The third-order valence-electron chi connectivity index (χ3n) is 6.14. The van der Waals surface area contributed by atoms with Crippen LogP contribution in [0.25, 0.3) is 16.8 Å². The van der Waals surface area contributed by atoms with Gasteiger partial charge in [0.1, 0.15) is 11.6 Å². The molecule has 170 valence electrons. The van der Waals surface area contributed by atoms with Crippen molar-refractivity contribution >= 4 is 23.0 Å². The van der Waals surface area contributed by atoms with Crippen LogP contribution in [0.1, 0.15) is 32.4 Å². The fourth-order valence-corrected chi connectivity index (χ4v) is 4.32. The zero-order valence-corrected chi connectivity index (χ0v) is 19.5. The first-order valence-corrected chi connectivity index (χ1v) is 11.7. The lowest BCUT2D eigenvalue weighted by Gasteiger charge is -2.25. The van der Waals surface area contributed by atoms with Crippen molar-refractivity contribution in [1.82, 2.24) is 9.97 Å². The summed E-state index contributed by atoms with van der Waals surface area (Å²) in [7, 11) is 0. The Morgan fingerprint density at radius 1 is 0.912 bits per heavy atom. The van der Waals surface area contributed by atoms with Crippen LogP contribution >= 0.6 is 0 Å². The van der Waals surface area contributed by atoms with Crippen LogP contribution in [0.15, 0.2) is 107 Å². The van der Waals surface area contributed by atoms with Gasteiger partial charge in [0.25, 0.3) is 0 Å². The topological polar surface area (TPSA) is 63.0 Å². The standard InChI is InChI=1S/C29H28N4O/c1-3-21-17-20(2)25(18-24(21)27-15-10-16-34-27)31-28-19-26(22-11-6-4-7-12-22)32-29(33-28)30-23-13-8-5-9-14-23/h4-16,18-19,21H,3,17H2,1-2H3,(H2,30,31,32,33). The van der Waals surface area contributed by atoms with Gasteiger partial charge in [0.05, 0.1) is 12.0 Å². The summed E-state index contributed by atoms with van der Waals surface area (Å²) in [6, 6.07) is 26.1. The Hall–Kier alpha value is -4.12. The smallest absolute Gasteiger partial charge is 0.229 e. The van der Waals surface area contributed by atoms with Gasteiger partial charge >= 0.3 is 0 Å². The second-order valence-electron chi connectivity index (χ2n) is 8.52. The van der Waals surface area contributed by atoms with Gasteiger partial charge in [0, 0.05) is 28.6 Å². The summed E-state index contributed by atoms with van der Waals surface area (Å²) in [4.78, 5) is 9.57. The Balaban J connectivity index is 1.52. The average molecular weight is 449 g/mol. The number of benzene rings is 2. The van der Waals surface area contributed by atoms with Crippen LogP contribution in [0.2, 0.25) is 0 Å². The molecule has 4 aromatic rings. The normalized spacial score (nSPS) is 15.7. The molecule has 0 bridgehead atoms. The molecule has 2 heterocycles. The van der Waals surface area contributed by atoms with Gasteiger partial charge in [-0.2, -0.15) is 4.98 Å². The van der Waals surface area contributed by atoms with Crippen molar-refractivity contribution in [3.8, 4) is 11.3 Å². The third kappa shape index (κ3) is 4.79. The summed E-state index contributed by atoms with van der Waals surface area (Å²) < 4.78 is 5.75. The SMILES string of the molecule is CCC1CC(C)=C(Nc2cc(-c3ccccc3)nc(Nc3ccccc3)n2)C=C1c1ccco1. The summed E-state index contributed by atoms with van der Waals surface area (Å²) >= 11 is 0.